The number of ether oxygens (including phenoxy) is 2. The Labute approximate surface area is 205 Å². The van der Waals surface area contributed by atoms with Gasteiger partial charge in [0.15, 0.2) is 0 Å². The van der Waals surface area contributed by atoms with E-state index >= 15 is 0 Å². The van der Waals surface area contributed by atoms with Gasteiger partial charge in [0.25, 0.3) is 10.0 Å². The van der Waals surface area contributed by atoms with Crippen molar-refractivity contribution in [1.29, 1.82) is 0 Å². The van der Waals surface area contributed by atoms with Crippen molar-refractivity contribution < 1.29 is 22.7 Å². The number of rotatable bonds is 10. The van der Waals surface area contributed by atoms with E-state index in [2.05, 4.69) is 5.32 Å². The second-order valence-corrected chi connectivity index (χ2v) is 10.1. The summed E-state index contributed by atoms with van der Waals surface area (Å²) in [5.74, 6) is 0.756. The molecule has 3 rings (SSSR count). The van der Waals surface area contributed by atoms with Gasteiger partial charge >= 0.3 is 0 Å². The Bertz CT molecular complexity index is 1230. The Morgan fingerprint density at radius 2 is 1.71 bits per heavy atom. The van der Waals surface area contributed by atoms with Crippen LogP contribution in [-0.4, -0.2) is 34.1 Å². The maximum atomic E-state index is 13.4. The summed E-state index contributed by atoms with van der Waals surface area (Å²) in [6, 6.07) is 19.7. The topological polar surface area (TPSA) is 84.9 Å². The van der Waals surface area contributed by atoms with Crippen molar-refractivity contribution in [2.45, 2.75) is 31.4 Å². The molecular formula is C25H27ClN2O5S. The number of carbonyl (C=O) groups is 1. The lowest BCUT2D eigenvalue weighted by Crippen LogP contribution is -2.40. The maximum absolute atomic E-state index is 13.4. The lowest BCUT2D eigenvalue weighted by molar-refractivity contribution is -0.119. The molecule has 0 aliphatic rings. The molecule has 0 saturated carbocycles. The summed E-state index contributed by atoms with van der Waals surface area (Å²) in [7, 11) is -2.56. The average Bonchev–Trinajstić information content (AvgIpc) is 2.81. The van der Waals surface area contributed by atoms with E-state index in [0.29, 0.717) is 16.5 Å². The van der Waals surface area contributed by atoms with Crippen molar-refractivity contribution in [2.75, 3.05) is 18.0 Å². The third-order valence-electron chi connectivity index (χ3n) is 4.79. The number of carbonyl (C=O) groups excluding carboxylic acids is 1. The minimum Gasteiger partial charge on any atom is -0.497 e. The first-order valence-corrected chi connectivity index (χ1v) is 12.5. The van der Waals surface area contributed by atoms with Crippen molar-refractivity contribution in [2.24, 2.45) is 0 Å². The third kappa shape index (κ3) is 6.65. The van der Waals surface area contributed by atoms with E-state index in [1.807, 2.05) is 38.1 Å². The highest BCUT2D eigenvalue weighted by Gasteiger charge is 2.27. The monoisotopic (exact) mass is 502 g/mol. The van der Waals surface area contributed by atoms with Crippen molar-refractivity contribution in [3.8, 4) is 11.5 Å². The predicted molar refractivity (Wildman–Crippen MR) is 133 cm³/mol. The van der Waals surface area contributed by atoms with Crippen LogP contribution in [0.1, 0.15) is 19.4 Å². The molecule has 0 spiro atoms. The summed E-state index contributed by atoms with van der Waals surface area (Å²) in [4.78, 5) is 12.9. The van der Waals surface area contributed by atoms with Crippen molar-refractivity contribution in [3.05, 3.63) is 83.4 Å². The van der Waals surface area contributed by atoms with Gasteiger partial charge in [-0.3, -0.25) is 9.10 Å². The van der Waals surface area contributed by atoms with Crippen molar-refractivity contribution in [3.63, 3.8) is 0 Å². The summed E-state index contributed by atoms with van der Waals surface area (Å²) in [5.41, 5.74) is 1.12. The second kappa shape index (κ2) is 11.3. The molecule has 0 bridgehead atoms. The van der Waals surface area contributed by atoms with E-state index in [9.17, 15) is 13.2 Å². The van der Waals surface area contributed by atoms with Crippen LogP contribution in [-0.2, 0) is 21.4 Å². The van der Waals surface area contributed by atoms with Crippen LogP contribution >= 0.6 is 11.6 Å². The SMILES string of the molecule is COc1ccc(S(=O)(=O)N(CC(=O)NCc2cccc(OC(C)C)c2)c2cccc(Cl)c2)cc1. The molecule has 3 aromatic rings. The van der Waals surface area contributed by atoms with Crippen LogP contribution in [0, 0.1) is 0 Å². The highest BCUT2D eigenvalue weighted by Crippen LogP contribution is 2.27. The average molecular weight is 503 g/mol. The van der Waals surface area contributed by atoms with Crippen molar-refractivity contribution in [1.82, 2.24) is 5.32 Å². The van der Waals surface area contributed by atoms with Gasteiger partial charge in [0.05, 0.1) is 23.8 Å². The van der Waals surface area contributed by atoms with Crippen LogP contribution < -0.4 is 19.1 Å². The molecular weight excluding hydrogens is 476 g/mol. The molecule has 0 saturated heterocycles. The highest BCUT2D eigenvalue weighted by atomic mass is 35.5. The molecule has 9 heteroatoms. The standard InChI is InChI=1S/C25H27ClN2O5S/c1-18(2)33-23-9-4-6-19(14-23)16-27-25(29)17-28(21-8-5-7-20(26)15-21)34(30,31)24-12-10-22(32-3)11-13-24/h4-15,18H,16-17H2,1-3H3,(H,27,29). The molecule has 3 aromatic carbocycles. The first kappa shape index (κ1) is 25.4. The lowest BCUT2D eigenvalue weighted by atomic mass is 10.2. The Balaban J connectivity index is 1.81. The highest BCUT2D eigenvalue weighted by molar-refractivity contribution is 7.92. The zero-order chi connectivity index (χ0) is 24.7. The van der Waals surface area contributed by atoms with Gasteiger partial charge in [0.2, 0.25) is 5.91 Å². The second-order valence-electron chi connectivity index (χ2n) is 7.76. The molecule has 7 nitrogen and oxygen atoms in total. The van der Waals surface area contributed by atoms with E-state index in [-0.39, 0.29) is 23.2 Å². The largest absolute Gasteiger partial charge is 0.497 e. The van der Waals surface area contributed by atoms with Crippen LogP contribution in [0.4, 0.5) is 5.69 Å². The summed E-state index contributed by atoms with van der Waals surface area (Å²) < 4.78 is 38.7. The zero-order valence-corrected chi connectivity index (χ0v) is 20.8. The molecule has 180 valence electrons. The molecule has 0 unspecified atom stereocenters. The fourth-order valence-electron chi connectivity index (χ4n) is 3.21. The summed E-state index contributed by atoms with van der Waals surface area (Å²) >= 11 is 6.10. The molecule has 34 heavy (non-hydrogen) atoms. The number of halogens is 1. The smallest absolute Gasteiger partial charge is 0.264 e. The predicted octanol–water partition coefficient (Wildman–Crippen LogP) is 4.65. The fraction of sp³-hybridized carbons (Fsp3) is 0.240. The molecule has 0 atom stereocenters. The van der Waals surface area contributed by atoms with Gasteiger partial charge in [-0.15, -0.1) is 0 Å². The lowest BCUT2D eigenvalue weighted by Gasteiger charge is -2.24. The maximum Gasteiger partial charge on any atom is 0.264 e. The van der Waals surface area contributed by atoms with Gasteiger partial charge in [0.1, 0.15) is 18.0 Å². The van der Waals surface area contributed by atoms with E-state index in [1.165, 1.54) is 25.3 Å². The molecule has 0 aliphatic heterocycles. The zero-order valence-electron chi connectivity index (χ0n) is 19.2. The number of methoxy groups -OCH3 is 1. The molecule has 0 aromatic heterocycles. The number of anilines is 1. The van der Waals surface area contributed by atoms with Crippen LogP contribution in [0.3, 0.4) is 0 Å². The summed E-state index contributed by atoms with van der Waals surface area (Å²) in [5, 5.41) is 3.14. The summed E-state index contributed by atoms with van der Waals surface area (Å²) in [6.45, 7) is 3.67. The molecule has 0 heterocycles. The molecule has 0 fully saturated rings. The van der Waals surface area contributed by atoms with E-state index < -0.39 is 22.5 Å². The Hall–Kier alpha value is -3.23. The van der Waals surface area contributed by atoms with Gasteiger partial charge in [-0.05, 0) is 74.0 Å². The number of amides is 1. The van der Waals surface area contributed by atoms with Crippen LogP contribution in [0.25, 0.3) is 0 Å². The normalized spacial score (nSPS) is 11.2. The Morgan fingerprint density at radius 3 is 2.35 bits per heavy atom. The van der Waals surface area contributed by atoms with E-state index in [1.54, 1.807) is 30.3 Å². The number of nitrogens with one attached hydrogen (secondary N) is 1. The van der Waals surface area contributed by atoms with E-state index in [4.69, 9.17) is 21.1 Å². The quantitative estimate of drug-likeness (QED) is 0.436. The Kier molecular flexibility index (Phi) is 8.41. The number of hydrogen-bond donors (Lipinski definition) is 1. The van der Waals surface area contributed by atoms with Crippen LogP contribution in [0.15, 0.2) is 77.7 Å². The fourth-order valence-corrected chi connectivity index (χ4v) is 4.81. The van der Waals surface area contributed by atoms with Gasteiger partial charge in [-0.1, -0.05) is 29.8 Å². The molecule has 1 amide bonds. The Morgan fingerprint density at radius 1 is 1.00 bits per heavy atom. The number of benzene rings is 3. The molecule has 0 aliphatic carbocycles. The van der Waals surface area contributed by atoms with Gasteiger partial charge in [-0.25, -0.2) is 8.42 Å². The molecule has 0 radical (unpaired) electrons. The third-order valence-corrected chi connectivity index (χ3v) is 6.81. The van der Waals surface area contributed by atoms with Gasteiger partial charge < -0.3 is 14.8 Å². The van der Waals surface area contributed by atoms with Gasteiger partial charge in [0, 0.05) is 11.6 Å². The van der Waals surface area contributed by atoms with Crippen LogP contribution in [0.2, 0.25) is 5.02 Å². The summed E-state index contributed by atoms with van der Waals surface area (Å²) in [6.07, 6.45) is 0.0271. The number of nitrogens with zero attached hydrogens (tertiary/aromatic N) is 1. The van der Waals surface area contributed by atoms with E-state index in [0.717, 1.165) is 9.87 Å². The van der Waals surface area contributed by atoms with Gasteiger partial charge in [-0.2, -0.15) is 0 Å². The first-order chi connectivity index (χ1) is 16.2. The number of hydrogen-bond acceptors (Lipinski definition) is 5. The molecule has 1 N–H and O–H groups in total. The first-order valence-electron chi connectivity index (χ1n) is 10.6. The van der Waals surface area contributed by atoms with Crippen molar-refractivity contribution >= 4 is 33.2 Å². The minimum atomic E-state index is -4.06. The van der Waals surface area contributed by atoms with Crippen LogP contribution in [0.5, 0.6) is 11.5 Å². The minimum absolute atomic E-state index is 0.0271. The number of sulfonamides is 1.